The summed E-state index contributed by atoms with van der Waals surface area (Å²) in [5.74, 6) is -2.68. The van der Waals surface area contributed by atoms with Crippen molar-refractivity contribution in [1.82, 2.24) is 10.5 Å². The van der Waals surface area contributed by atoms with Gasteiger partial charge in [0.1, 0.15) is 11.5 Å². The number of rotatable bonds is 3. The Labute approximate surface area is 118 Å². The molecule has 1 aromatic heterocycles. The third-order valence-electron chi connectivity index (χ3n) is 2.64. The lowest BCUT2D eigenvalue weighted by atomic mass is 10.2. The molecule has 0 saturated heterocycles. The largest absolute Gasteiger partial charge is 0.397 e. The van der Waals surface area contributed by atoms with Crippen molar-refractivity contribution in [2.75, 3.05) is 11.1 Å². The zero-order valence-electron chi connectivity index (χ0n) is 10.6. The highest BCUT2D eigenvalue weighted by atomic mass is 19.1. The molecule has 2 amide bonds. The molecule has 0 aliphatic heterocycles. The maximum Gasteiger partial charge on any atom is 0.293 e. The Hall–Kier alpha value is -3.00. The Kier molecular flexibility index (Phi) is 4.10. The number of carbonyl (C=O) groups excluding carboxylic acids is 2. The van der Waals surface area contributed by atoms with Crippen LogP contribution >= 0.6 is 0 Å². The lowest BCUT2D eigenvalue weighted by molar-refractivity contribution is 0.0699. The highest BCUT2D eigenvalue weighted by molar-refractivity contribution is 6.06. The smallest absolute Gasteiger partial charge is 0.293 e. The number of aromatic nitrogens is 1. The predicted molar refractivity (Wildman–Crippen MR) is 72.3 cm³/mol. The highest BCUT2D eigenvalue weighted by Gasteiger charge is 2.16. The van der Waals surface area contributed by atoms with Crippen molar-refractivity contribution in [3.8, 4) is 0 Å². The number of anilines is 2. The molecule has 108 valence electrons. The van der Waals surface area contributed by atoms with E-state index >= 15 is 0 Å². The number of halogens is 1. The Morgan fingerprint density at radius 2 is 1.95 bits per heavy atom. The Bertz CT molecular complexity index is 706. The first-order valence-electron chi connectivity index (χ1n) is 5.78. The van der Waals surface area contributed by atoms with Crippen LogP contribution in [0.4, 0.5) is 15.8 Å². The Morgan fingerprint density at radius 1 is 1.24 bits per heavy atom. The van der Waals surface area contributed by atoms with E-state index in [1.165, 1.54) is 5.48 Å². The summed E-state index contributed by atoms with van der Waals surface area (Å²) in [6.45, 7) is 0. The van der Waals surface area contributed by atoms with Gasteiger partial charge in [-0.05, 0) is 12.1 Å². The molecule has 1 heterocycles. The second kappa shape index (κ2) is 5.97. The molecule has 7 nitrogen and oxygen atoms in total. The van der Waals surface area contributed by atoms with E-state index in [4.69, 9.17) is 10.9 Å². The number of hydroxylamine groups is 1. The summed E-state index contributed by atoms with van der Waals surface area (Å²) in [5, 5.41) is 10.9. The van der Waals surface area contributed by atoms with E-state index in [1.54, 1.807) is 24.3 Å². The number of nitrogens with two attached hydrogens (primary N) is 1. The quantitative estimate of drug-likeness (QED) is 0.384. The highest BCUT2D eigenvalue weighted by Crippen LogP contribution is 2.18. The van der Waals surface area contributed by atoms with Crippen LogP contribution in [0, 0.1) is 5.82 Å². The van der Waals surface area contributed by atoms with Gasteiger partial charge in [0.2, 0.25) is 0 Å². The van der Waals surface area contributed by atoms with Crippen molar-refractivity contribution >= 4 is 23.2 Å². The van der Waals surface area contributed by atoms with Crippen LogP contribution in [0.5, 0.6) is 0 Å². The minimum absolute atomic E-state index is 0.329. The summed E-state index contributed by atoms with van der Waals surface area (Å²) in [5.41, 5.74) is 6.93. The molecule has 0 aliphatic rings. The van der Waals surface area contributed by atoms with Gasteiger partial charge in [-0.1, -0.05) is 12.1 Å². The Morgan fingerprint density at radius 3 is 2.57 bits per heavy atom. The van der Waals surface area contributed by atoms with Gasteiger partial charge in [0.25, 0.3) is 11.8 Å². The van der Waals surface area contributed by atoms with E-state index < -0.39 is 17.6 Å². The number of nitrogens with one attached hydrogen (secondary N) is 2. The maximum atomic E-state index is 13.8. The van der Waals surface area contributed by atoms with Gasteiger partial charge in [0.15, 0.2) is 0 Å². The van der Waals surface area contributed by atoms with E-state index in [1.807, 2.05) is 0 Å². The first kappa shape index (κ1) is 14.4. The first-order chi connectivity index (χ1) is 10.0. The fourth-order valence-electron chi connectivity index (χ4n) is 1.58. The van der Waals surface area contributed by atoms with Crippen molar-refractivity contribution in [3.05, 3.63) is 53.6 Å². The van der Waals surface area contributed by atoms with E-state index in [-0.39, 0.29) is 11.3 Å². The minimum Gasteiger partial charge on any atom is -0.397 e. The maximum absolute atomic E-state index is 13.8. The Balaban J connectivity index is 2.24. The minimum atomic E-state index is -0.979. The topological polar surface area (TPSA) is 117 Å². The number of benzene rings is 1. The second-order valence-electron chi connectivity index (χ2n) is 4.03. The normalized spacial score (nSPS) is 10.0. The molecule has 5 N–H and O–H groups in total. The summed E-state index contributed by atoms with van der Waals surface area (Å²) in [6, 6.07) is 7.24. The van der Waals surface area contributed by atoms with Crippen LogP contribution < -0.4 is 16.5 Å². The van der Waals surface area contributed by atoms with Gasteiger partial charge in [-0.3, -0.25) is 14.8 Å². The molecule has 0 bridgehead atoms. The van der Waals surface area contributed by atoms with Crippen molar-refractivity contribution in [3.63, 3.8) is 0 Å². The summed E-state index contributed by atoms with van der Waals surface area (Å²) in [7, 11) is 0. The van der Waals surface area contributed by atoms with Crippen LogP contribution in [0.2, 0.25) is 0 Å². The van der Waals surface area contributed by atoms with E-state index in [2.05, 4.69) is 10.3 Å². The average Bonchev–Trinajstić information content (AvgIpc) is 2.48. The second-order valence-corrected chi connectivity index (χ2v) is 4.03. The zero-order valence-corrected chi connectivity index (χ0v) is 10.6. The van der Waals surface area contributed by atoms with Gasteiger partial charge in [-0.2, -0.15) is 0 Å². The van der Waals surface area contributed by atoms with Crippen LogP contribution in [0.25, 0.3) is 0 Å². The van der Waals surface area contributed by atoms with Gasteiger partial charge >= 0.3 is 0 Å². The zero-order chi connectivity index (χ0) is 15.4. The predicted octanol–water partition coefficient (Wildman–Crippen LogP) is 1.17. The molecule has 2 rings (SSSR count). The molecule has 0 radical (unpaired) electrons. The van der Waals surface area contributed by atoms with Gasteiger partial charge in [0.05, 0.1) is 16.9 Å². The number of nitrogens with zero attached hydrogens (tertiary/aromatic N) is 1. The van der Waals surface area contributed by atoms with E-state index in [9.17, 15) is 14.0 Å². The molecule has 0 unspecified atom stereocenters. The third-order valence-corrected chi connectivity index (χ3v) is 2.64. The van der Waals surface area contributed by atoms with Crippen molar-refractivity contribution < 1.29 is 19.2 Å². The summed E-state index contributed by atoms with van der Waals surface area (Å²) in [4.78, 5) is 26.6. The molecule has 8 heteroatoms. The van der Waals surface area contributed by atoms with Crippen molar-refractivity contribution in [2.45, 2.75) is 0 Å². The first-order valence-corrected chi connectivity index (χ1v) is 5.78. The number of pyridine rings is 1. The summed E-state index contributed by atoms with van der Waals surface area (Å²) < 4.78 is 13.8. The summed E-state index contributed by atoms with van der Waals surface area (Å²) >= 11 is 0. The van der Waals surface area contributed by atoms with Crippen molar-refractivity contribution in [1.29, 1.82) is 0 Å². The summed E-state index contributed by atoms with van der Waals surface area (Å²) in [6.07, 6.45) is 0.897. The number of hydrogen-bond acceptors (Lipinski definition) is 5. The molecule has 1 aromatic carbocycles. The van der Waals surface area contributed by atoms with E-state index in [0.29, 0.717) is 11.4 Å². The van der Waals surface area contributed by atoms with Crippen LogP contribution in [0.1, 0.15) is 20.8 Å². The molecule has 0 aliphatic carbocycles. The van der Waals surface area contributed by atoms with Gasteiger partial charge in [0, 0.05) is 12.3 Å². The molecule has 0 fully saturated rings. The van der Waals surface area contributed by atoms with Gasteiger partial charge in [-0.15, -0.1) is 0 Å². The lowest BCUT2D eigenvalue weighted by Crippen LogP contribution is -2.21. The van der Waals surface area contributed by atoms with Crippen LogP contribution in [0.3, 0.4) is 0 Å². The monoisotopic (exact) mass is 290 g/mol. The molecular weight excluding hydrogens is 279 g/mol. The number of hydrogen-bond donors (Lipinski definition) is 4. The van der Waals surface area contributed by atoms with Crippen LogP contribution in [-0.4, -0.2) is 22.0 Å². The number of amides is 2. The van der Waals surface area contributed by atoms with E-state index in [0.717, 1.165) is 12.3 Å². The third kappa shape index (κ3) is 3.12. The van der Waals surface area contributed by atoms with Crippen LogP contribution in [-0.2, 0) is 0 Å². The molecule has 0 spiro atoms. The fraction of sp³-hybridized carbons (Fsp3) is 0. The molecule has 0 atom stereocenters. The fourth-order valence-corrected chi connectivity index (χ4v) is 1.58. The molecule has 2 aromatic rings. The number of para-hydroxylation sites is 2. The average molecular weight is 290 g/mol. The van der Waals surface area contributed by atoms with Gasteiger partial charge < -0.3 is 11.1 Å². The SMILES string of the molecule is Nc1ccccc1NC(=O)c1cnc(C(=O)NO)cc1F. The lowest BCUT2D eigenvalue weighted by Gasteiger charge is -2.08. The molecule has 21 heavy (non-hydrogen) atoms. The van der Waals surface area contributed by atoms with Gasteiger partial charge in [-0.25, -0.2) is 14.9 Å². The number of carbonyl (C=O) groups is 2. The molecule has 0 saturated carbocycles. The number of nitrogen functional groups attached to an aromatic ring is 1. The molecular formula is C13H11FN4O3. The van der Waals surface area contributed by atoms with Crippen molar-refractivity contribution in [2.24, 2.45) is 0 Å². The standard InChI is InChI=1S/C13H11FN4O3/c14-8-5-11(13(20)18-21)16-6-7(8)12(19)17-10-4-2-1-3-9(10)15/h1-6,21H,15H2,(H,17,19)(H,18,20). The van der Waals surface area contributed by atoms with Crippen LogP contribution in [0.15, 0.2) is 36.5 Å².